The molecule has 2 fully saturated rings. The van der Waals surface area contributed by atoms with Crippen LogP contribution in [0.5, 0.6) is 0 Å². The van der Waals surface area contributed by atoms with Crippen LogP contribution in [0.2, 0.25) is 0 Å². The van der Waals surface area contributed by atoms with Crippen LogP contribution in [-0.2, 0) is 35.1 Å². The summed E-state index contributed by atoms with van der Waals surface area (Å²) in [6.45, 7) is 17.2. The highest BCUT2D eigenvalue weighted by Gasteiger charge is 2.63. The molecule has 9 nitrogen and oxygen atoms in total. The molecule has 2 heterocycles. The molecule has 0 amide bonds. The predicted molar refractivity (Wildman–Crippen MR) is 114 cm³/mol. The fourth-order valence-electron chi connectivity index (χ4n) is 2.87. The van der Waals surface area contributed by atoms with E-state index < -0.39 is 58.5 Å². The standard InChI is InChI=1S/3C5H13O3P.2Al/c3*1-5(2,3)4-9(6,7)8;;/h3*4H2,1-3H3,(H2,6,7,8);;/q;;;2*+3/p-6. The van der Waals surface area contributed by atoms with Crippen molar-refractivity contribution in [2.24, 2.45) is 16.2 Å². The minimum Gasteiger partial charge on any atom is -0.386 e. The van der Waals surface area contributed by atoms with Gasteiger partial charge in [0.05, 0.1) is 18.5 Å². The van der Waals surface area contributed by atoms with Crippen LogP contribution in [0, 0.1) is 16.2 Å². The third-order valence-corrected chi connectivity index (χ3v) is 19.3. The molecule has 0 bridgehead atoms. The van der Waals surface area contributed by atoms with Gasteiger partial charge in [0.25, 0.3) is 22.8 Å². The molecule has 0 N–H and O–H groups in total. The van der Waals surface area contributed by atoms with Crippen LogP contribution in [-0.4, -0.2) is 48.8 Å². The first-order valence-electron chi connectivity index (χ1n) is 9.57. The smallest absolute Gasteiger partial charge is 0.386 e. The highest BCUT2D eigenvalue weighted by atomic mass is 31.2. The molecule has 2 aliphatic heterocycles. The topological polar surface area (TPSA) is 107 Å². The summed E-state index contributed by atoms with van der Waals surface area (Å²) in [5.74, 6) is 0. The van der Waals surface area contributed by atoms with Gasteiger partial charge in [0.15, 0.2) is 0 Å². The maximum Gasteiger partial charge on any atom is 0.926 e. The maximum atomic E-state index is 13.4. The molecule has 2 saturated heterocycles. The van der Waals surface area contributed by atoms with Crippen molar-refractivity contribution in [3.63, 3.8) is 0 Å². The fraction of sp³-hybridized carbons (Fsp3) is 1.00. The quantitative estimate of drug-likeness (QED) is 0.314. The number of rotatable bonds is 7. The molecule has 0 atom stereocenters. The summed E-state index contributed by atoms with van der Waals surface area (Å²) in [5, 5.41) is 0. The summed E-state index contributed by atoms with van der Waals surface area (Å²) in [6, 6.07) is 0. The zero-order valence-electron chi connectivity index (χ0n) is 18.8. The first-order valence-corrected chi connectivity index (χ1v) is 17.6. The van der Waals surface area contributed by atoms with Crippen molar-refractivity contribution in [1.82, 2.24) is 0 Å². The zero-order valence-corrected chi connectivity index (χ0v) is 23.8. The first-order chi connectivity index (χ1) is 12.7. The molecular formula is C15H33Al2O9P3. The minimum absolute atomic E-state index is 0.0690. The van der Waals surface area contributed by atoms with Crippen LogP contribution < -0.4 is 0 Å². The largest absolute Gasteiger partial charge is 0.926 e. The molecule has 0 aliphatic carbocycles. The average Bonchev–Trinajstić information content (AvgIpc) is 2.26. The second-order valence-corrected chi connectivity index (χ2v) is 22.0. The Morgan fingerprint density at radius 2 is 1.00 bits per heavy atom. The average molecular weight is 504 g/mol. The lowest BCUT2D eigenvalue weighted by molar-refractivity contribution is 0.167. The Morgan fingerprint density at radius 3 is 1.24 bits per heavy atom. The Balaban J connectivity index is 1.98. The first kappa shape index (κ1) is 26.8. The van der Waals surface area contributed by atoms with Crippen molar-refractivity contribution >= 4 is 53.1 Å². The molecule has 0 saturated carbocycles. The number of hydrogen-bond acceptors (Lipinski definition) is 9. The van der Waals surface area contributed by atoms with Crippen molar-refractivity contribution in [3.05, 3.63) is 0 Å². The third kappa shape index (κ3) is 9.11. The lowest BCUT2D eigenvalue weighted by Gasteiger charge is -2.40. The Morgan fingerprint density at radius 1 is 0.690 bits per heavy atom. The van der Waals surface area contributed by atoms with E-state index in [9.17, 15) is 13.7 Å². The Kier molecular flexibility index (Phi) is 8.03. The van der Waals surface area contributed by atoms with Crippen molar-refractivity contribution in [2.75, 3.05) is 18.5 Å². The summed E-state index contributed by atoms with van der Waals surface area (Å²) in [5.41, 5.74) is -0.874. The summed E-state index contributed by atoms with van der Waals surface area (Å²) >= 11 is -5.71. The van der Waals surface area contributed by atoms with Crippen molar-refractivity contribution in [1.29, 1.82) is 0 Å². The van der Waals surface area contributed by atoms with Crippen LogP contribution in [0.4, 0.5) is 0 Å². The maximum absolute atomic E-state index is 13.4. The fourth-order valence-corrected chi connectivity index (χ4v) is 17.2. The molecule has 0 aromatic carbocycles. The van der Waals surface area contributed by atoms with E-state index in [4.69, 9.17) is 21.5 Å². The van der Waals surface area contributed by atoms with E-state index in [1.807, 2.05) is 62.3 Å². The minimum atomic E-state index is -3.72. The van der Waals surface area contributed by atoms with Gasteiger partial charge in [0.2, 0.25) is 0 Å². The second-order valence-electron chi connectivity index (χ2n) is 11.2. The molecule has 0 aromatic heterocycles. The third-order valence-electron chi connectivity index (χ3n) is 3.48. The van der Waals surface area contributed by atoms with Gasteiger partial charge in [0, 0.05) is 0 Å². The van der Waals surface area contributed by atoms with Gasteiger partial charge >= 0.3 is 30.3 Å². The van der Waals surface area contributed by atoms with Gasteiger partial charge in [-0.3, -0.25) is 13.7 Å². The summed E-state index contributed by atoms with van der Waals surface area (Å²) in [4.78, 5) is 0. The summed E-state index contributed by atoms with van der Waals surface area (Å²) < 4.78 is 71.2. The normalized spacial score (nSPS) is 22.2. The van der Waals surface area contributed by atoms with Gasteiger partial charge in [-0.1, -0.05) is 62.3 Å². The molecule has 2 aliphatic rings. The highest BCUT2D eigenvalue weighted by molar-refractivity contribution is 7.62. The lowest BCUT2D eigenvalue weighted by Crippen LogP contribution is -2.40. The van der Waals surface area contributed by atoms with Gasteiger partial charge in [-0.15, -0.1) is 0 Å². The van der Waals surface area contributed by atoms with E-state index in [0.29, 0.717) is 0 Å². The van der Waals surface area contributed by atoms with E-state index in [0.717, 1.165) is 0 Å². The SMILES string of the molecule is CC(C)(C)CP1(=O)[O][Al]([O]P(=O)(CC(C)(C)C)[O][Al]2[O]P(=O)(CC(C)(C)C)[O]2)[O]1. The zero-order chi connectivity index (χ0) is 22.5. The molecular weight excluding hydrogens is 471 g/mol. The van der Waals surface area contributed by atoms with E-state index in [2.05, 4.69) is 0 Å². The Hall–Kier alpha value is 1.51. The highest BCUT2D eigenvalue weighted by Crippen LogP contribution is 2.67. The van der Waals surface area contributed by atoms with Crippen LogP contribution in [0.3, 0.4) is 0 Å². The van der Waals surface area contributed by atoms with Crippen LogP contribution in [0.15, 0.2) is 0 Å². The van der Waals surface area contributed by atoms with E-state index in [1.54, 1.807) is 0 Å². The van der Waals surface area contributed by atoms with E-state index >= 15 is 0 Å². The van der Waals surface area contributed by atoms with Gasteiger partial charge in [-0.25, -0.2) is 0 Å². The summed E-state index contributed by atoms with van der Waals surface area (Å²) in [6.07, 6.45) is 0.563. The van der Waals surface area contributed by atoms with Gasteiger partial charge < -0.3 is 21.5 Å². The van der Waals surface area contributed by atoms with Crippen molar-refractivity contribution < 1.29 is 35.1 Å². The molecule has 0 radical (unpaired) electrons. The molecule has 29 heavy (non-hydrogen) atoms. The summed E-state index contributed by atoms with van der Waals surface area (Å²) in [7, 11) is -10.1. The molecule has 168 valence electrons. The van der Waals surface area contributed by atoms with Gasteiger partial charge in [-0.05, 0) is 16.2 Å². The van der Waals surface area contributed by atoms with Crippen LogP contribution >= 0.6 is 22.8 Å². The van der Waals surface area contributed by atoms with Crippen molar-refractivity contribution in [2.45, 2.75) is 62.3 Å². The van der Waals surface area contributed by atoms with Gasteiger partial charge in [-0.2, -0.15) is 0 Å². The number of hydrogen-bond donors (Lipinski definition) is 0. The molecule has 0 aromatic rings. The second kappa shape index (κ2) is 8.70. The molecule has 2 rings (SSSR count). The monoisotopic (exact) mass is 504 g/mol. The van der Waals surface area contributed by atoms with Crippen LogP contribution in [0.1, 0.15) is 62.3 Å². The predicted octanol–water partition coefficient (Wildman–Crippen LogP) is 5.80. The van der Waals surface area contributed by atoms with E-state index in [1.165, 1.54) is 0 Å². The molecule has 14 heteroatoms. The van der Waals surface area contributed by atoms with E-state index in [-0.39, 0.29) is 29.3 Å². The van der Waals surface area contributed by atoms with Crippen molar-refractivity contribution in [3.8, 4) is 0 Å². The molecule has 0 unspecified atom stereocenters. The lowest BCUT2D eigenvalue weighted by atomic mass is 10.0. The molecule has 0 spiro atoms. The van der Waals surface area contributed by atoms with Crippen LogP contribution in [0.25, 0.3) is 0 Å². The Labute approximate surface area is 184 Å². The van der Waals surface area contributed by atoms with Gasteiger partial charge in [0.1, 0.15) is 0 Å². The Bertz CT molecular complexity index is 682.